The maximum absolute atomic E-state index is 6.32. The third-order valence-corrected chi connectivity index (χ3v) is 6.10. The lowest BCUT2D eigenvalue weighted by Crippen LogP contribution is -1.86. The van der Waals surface area contributed by atoms with E-state index >= 15 is 0 Å². The Morgan fingerprint density at radius 2 is 1.65 bits per heavy atom. The van der Waals surface area contributed by atoms with E-state index in [2.05, 4.69) is 33.5 Å². The first kappa shape index (κ1) is 12.5. The van der Waals surface area contributed by atoms with Gasteiger partial charge in [-0.2, -0.15) is 0 Å². The van der Waals surface area contributed by atoms with Crippen molar-refractivity contribution in [2.75, 3.05) is 0 Å². The van der Waals surface area contributed by atoms with Gasteiger partial charge in [0.15, 0.2) is 5.82 Å². The van der Waals surface area contributed by atoms with Gasteiger partial charge < -0.3 is 0 Å². The van der Waals surface area contributed by atoms with E-state index in [9.17, 15) is 0 Å². The second kappa shape index (κ2) is 4.93. The summed E-state index contributed by atoms with van der Waals surface area (Å²) in [4.78, 5) is 13.5. The molecule has 0 aliphatic heterocycles. The second-order valence-corrected chi connectivity index (χ2v) is 7.41. The van der Waals surface area contributed by atoms with Gasteiger partial charge in [0.1, 0.15) is 9.98 Å². The minimum atomic E-state index is 0.525. The molecule has 4 aromatic rings. The quantitative estimate of drug-likeness (QED) is 0.433. The zero-order chi connectivity index (χ0) is 13.5. The van der Waals surface area contributed by atoms with Crippen LogP contribution in [-0.2, 0) is 0 Å². The summed E-state index contributed by atoms with van der Waals surface area (Å²) in [6.45, 7) is 0. The van der Waals surface area contributed by atoms with E-state index in [1.165, 1.54) is 9.75 Å². The van der Waals surface area contributed by atoms with Crippen molar-refractivity contribution in [1.29, 1.82) is 0 Å². The van der Waals surface area contributed by atoms with Gasteiger partial charge in [-0.05, 0) is 29.0 Å². The summed E-state index contributed by atoms with van der Waals surface area (Å²) in [5.74, 6) is 0.706. The Balaban J connectivity index is 1.92. The summed E-state index contributed by atoms with van der Waals surface area (Å²) in [5.41, 5.74) is 0. The number of hydrogen-bond acceptors (Lipinski definition) is 5. The first-order valence-corrected chi connectivity index (χ1v) is 8.81. The van der Waals surface area contributed by atoms with Crippen LogP contribution >= 0.6 is 45.6 Å². The molecule has 0 amide bonds. The zero-order valence-electron chi connectivity index (χ0n) is 10.0. The lowest BCUT2D eigenvalue weighted by atomic mass is 10.3. The number of halogens is 1. The monoisotopic (exact) mass is 334 g/mol. The van der Waals surface area contributed by atoms with E-state index in [1.54, 1.807) is 34.0 Å². The Morgan fingerprint density at radius 1 is 0.900 bits per heavy atom. The third kappa shape index (κ3) is 2.07. The normalized spacial score (nSPS) is 11.2. The topological polar surface area (TPSA) is 25.8 Å². The Kier molecular flexibility index (Phi) is 3.07. The van der Waals surface area contributed by atoms with Crippen LogP contribution < -0.4 is 0 Å². The van der Waals surface area contributed by atoms with Crippen molar-refractivity contribution in [3.8, 4) is 20.5 Å². The van der Waals surface area contributed by atoms with Crippen LogP contribution in [0.4, 0.5) is 0 Å². The van der Waals surface area contributed by atoms with Gasteiger partial charge in [0.2, 0.25) is 0 Å². The molecule has 2 nitrogen and oxygen atoms in total. The van der Waals surface area contributed by atoms with Crippen LogP contribution in [0.2, 0.25) is 5.15 Å². The van der Waals surface area contributed by atoms with Crippen LogP contribution in [0.3, 0.4) is 0 Å². The van der Waals surface area contributed by atoms with E-state index in [0.717, 1.165) is 15.1 Å². The average molecular weight is 335 g/mol. The number of rotatable bonds is 2. The van der Waals surface area contributed by atoms with Crippen LogP contribution in [0.5, 0.6) is 0 Å². The molecule has 0 aliphatic carbocycles. The molecule has 4 rings (SSSR count). The zero-order valence-corrected chi connectivity index (χ0v) is 13.2. The molecule has 0 aromatic carbocycles. The summed E-state index contributed by atoms with van der Waals surface area (Å²) in [7, 11) is 0. The maximum atomic E-state index is 6.32. The van der Waals surface area contributed by atoms with Crippen molar-refractivity contribution < 1.29 is 0 Å². The summed E-state index contributed by atoms with van der Waals surface area (Å²) in [6, 6.07) is 10.2. The van der Waals surface area contributed by atoms with E-state index in [-0.39, 0.29) is 0 Å². The van der Waals surface area contributed by atoms with Crippen molar-refractivity contribution in [3.05, 3.63) is 46.2 Å². The Hall–Kier alpha value is -1.27. The minimum Gasteiger partial charge on any atom is -0.216 e. The lowest BCUT2D eigenvalue weighted by molar-refractivity contribution is 1.25. The van der Waals surface area contributed by atoms with Crippen molar-refractivity contribution >= 4 is 55.8 Å². The molecule has 6 heteroatoms. The van der Waals surface area contributed by atoms with Gasteiger partial charge in [-0.1, -0.05) is 23.7 Å². The summed E-state index contributed by atoms with van der Waals surface area (Å²) in [5, 5.41) is 5.55. The highest BCUT2D eigenvalue weighted by Gasteiger charge is 2.13. The third-order valence-electron chi connectivity index (χ3n) is 2.85. The summed E-state index contributed by atoms with van der Waals surface area (Å²) >= 11 is 11.3. The van der Waals surface area contributed by atoms with E-state index in [0.29, 0.717) is 11.0 Å². The molecule has 0 bridgehead atoms. The molecule has 0 radical (unpaired) electrons. The van der Waals surface area contributed by atoms with E-state index in [4.69, 9.17) is 11.6 Å². The molecule has 0 spiro atoms. The molecule has 0 unspecified atom stereocenters. The highest BCUT2D eigenvalue weighted by molar-refractivity contribution is 7.25. The molecule has 0 saturated heterocycles. The number of aromatic nitrogens is 2. The fourth-order valence-corrected chi connectivity index (χ4v) is 4.74. The van der Waals surface area contributed by atoms with Crippen molar-refractivity contribution in [2.24, 2.45) is 0 Å². The number of thiophene rings is 3. The number of hydrogen-bond donors (Lipinski definition) is 0. The van der Waals surface area contributed by atoms with Gasteiger partial charge in [0.05, 0.1) is 4.88 Å². The highest BCUT2D eigenvalue weighted by Crippen LogP contribution is 2.38. The fourth-order valence-electron chi connectivity index (χ4n) is 1.94. The lowest BCUT2D eigenvalue weighted by Gasteiger charge is -1.97. The molecule has 4 heterocycles. The molecule has 98 valence electrons. The predicted octanol–water partition coefficient (Wildman–Crippen LogP) is 5.80. The Bertz CT molecular complexity index is 864. The van der Waals surface area contributed by atoms with Gasteiger partial charge in [0, 0.05) is 15.1 Å². The van der Waals surface area contributed by atoms with E-state index in [1.807, 2.05) is 17.5 Å². The maximum Gasteiger partial charge on any atom is 0.172 e. The second-order valence-electron chi connectivity index (χ2n) is 4.12. The Labute approximate surface area is 132 Å². The number of fused-ring (bicyclic) bond motifs is 1. The standard InChI is InChI=1S/C14H7ClN2S3/c15-12-8-7-11(9-3-1-5-18-9)20-14(8)17-13(16-12)10-4-2-6-19-10/h1-7H. The van der Waals surface area contributed by atoms with Crippen molar-refractivity contribution in [3.63, 3.8) is 0 Å². The van der Waals surface area contributed by atoms with Crippen LogP contribution in [0.25, 0.3) is 30.7 Å². The van der Waals surface area contributed by atoms with Gasteiger partial charge in [0.25, 0.3) is 0 Å². The average Bonchev–Trinajstić information content (AvgIpc) is 3.19. The van der Waals surface area contributed by atoms with Gasteiger partial charge >= 0.3 is 0 Å². The first-order chi connectivity index (χ1) is 9.81. The fraction of sp³-hybridized carbons (Fsp3) is 0. The molecule has 0 N–H and O–H groups in total. The summed E-state index contributed by atoms with van der Waals surface area (Å²) < 4.78 is 0. The molecule has 4 aromatic heterocycles. The smallest absolute Gasteiger partial charge is 0.172 e. The van der Waals surface area contributed by atoms with Crippen LogP contribution in [-0.4, -0.2) is 9.97 Å². The van der Waals surface area contributed by atoms with Crippen molar-refractivity contribution in [1.82, 2.24) is 9.97 Å². The Morgan fingerprint density at radius 3 is 2.35 bits per heavy atom. The highest BCUT2D eigenvalue weighted by atomic mass is 35.5. The molecule has 0 aliphatic rings. The number of nitrogens with zero attached hydrogens (tertiary/aromatic N) is 2. The van der Waals surface area contributed by atoms with Gasteiger partial charge in [-0.25, -0.2) is 9.97 Å². The molecular weight excluding hydrogens is 328 g/mol. The summed E-state index contributed by atoms with van der Waals surface area (Å²) in [6.07, 6.45) is 0. The van der Waals surface area contributed by atoms with Gasteiger partial charge in [-0.3, -0.25) is 0 Å². The van der Waals surface area contributed by atoms with Gasteiger partial charge in [-0.15, -0.1) is 34.0 Å². The first-order valence-electron chi connectivity index (χ1n) is 5.86. The van der Waals surface area contributed by atoms with E-state index < -0.39 is 0 Å². The van der Waals surface area contributed by atoms with Crippen LogP contribution in [0.15, 0.2) is 41.1 Å². The molecule has 0 fully saturated rings. The van der Waals surface area contributed by atoms with Crippen molar-refractivity contribution in [2.45, 2.75) is 0 Å². The molecule has 0 saturated carbocycles. The largest absolute Gasteiger partial charge is 0.216 e. The van der Waals surface area contributed by atoms with Crippen LogP contribution in [0, 0.1) is 0 Å². The molecule has 0 atom stereocenters. The molecular formula is C14H7ClN2S3. The molecule has 20 heavy (non-hydrogen) atoms. The minimum absolute atomic E-state index is 0.525. The predicted molar refractivity (Wildman–Crippen MR) is 89.1 cm³/mol. The SMILES string of the molecule is Clc1nc(-c2cccs2)nc2sc(-c3cccs3)cc12. The van der Waals surface area contributed by atoms with Crippen LogP contribution in [0.1, 0.15) is 0 Å².